The lowest BCUT2D eigenvalue weighted by Gasteiger charge is -2.27. The highest BCUT2D eigenvalue weighted by atomic mass is 32.2. The zero-order chi connectivity index (χ0) is 20.0. The molecule has 0 saturated heterocycles. The Morgan fingerprint density at radius 3 is 2.66 bits per heavy atom. The average molecular weight is 429 g/mol. The Morgan fingerprint density at radius 2 is 1.93 bits per heavy atom. The maximum atomic E-state index is 13.6. The minimum absolute atomic E-state index is 0.128. The van der Waals surface area contributed by atoms with E-state index >= 15 is 0 Å². The predicted molar refractivity (Wildman–Crippen MR) is 110 cm³/mol. The number of benzene rings is 1. The molecule has 1 amide bonds. The summed E-state index contributed by atoms with van der Waals surface area (Å²) in [7, 11) is -3.74. The average Bonchev–Trinajstić information content (AvgIpc) is 3.46. The number of furan rings is 1. The van der Waals surface area contributed by atoms with Crippen LogP contribution >= 0.6 is 11.3 Å². The van der Waals surface area contributed by atoms with Crippen LogP contribution in [0.25, 0.3) is 0 Å². The van der Waals surface area contributed by atoms with E-state index in [0.29, 0.717) is 36.5 Å². The number of carbonyl (C=O) groups is 1. The lowest BCUT2D eigenvalue weighted by molar-refractivity contribution is -0.118. The van der Waals surface area contributed by atoms with E-state index in [9.17, 15) is 13.2 Å². The third-order valence-electron chi connectivity index (χ3n) is 5.51. The lowest BCUT2D eigenvalue weighted by Crippen LogP contribution is -2.33. The van der Waals surface area contributed by atoms with Gasteiger partial charge in [-0.25, -0.2) is 8.42 Å². The molecule has 0 N–H and O–H groups in total. The highest BCUT2D eigenvalue weighted by Gasteiger charge is 2.34. The van der Waals surface area contributed by atoms with E-state index in [1.807, 2.05) is 16.8 Å². The first kappa shape index (κ1) is 18.6. The molecule has 0 unspecified atom stereocenters. The molecular formula is C21H20N2O4S2. The summed E-state index contributed by atoms with van der Waals surface area (Å²) in [5.41, 5.74) is 3.77. The maximum Gasteiger partial charge on any atom is 0.243 e. The number of sulfonamides is 1. The first-order chi connectivity index (χ1) is 14.0. The molecule has 6 nitrogen and oxygen atoms in total. The molecule has 2 aliphatic heterocycles. The fourth-order valence-electron chi connectivity index (χ4n) is 4.11. The normalized spacial score (nSPS) is 15.9. The number of hydrogen-bond donors (Lipinski definition) is 0. The van der Waals surface area contributed by atoms with E-state index in [4.69, 9.17) is 4.42 Å². The summed E-state index contributed by atoms with van der Waals surface area (Å²) in [6.07, 6.45) is 3.26. The molecule has 0 bridgehead atoms. The molecule has 29 heavy (non-hydrogen) atoms. The number of rotatable bonds is 6. The number of anilines is 1. The Kier molecular flexibility index (Phi) is 4.57. The number of nitrogens with zero attached hydrogens (tertiary/aromatic N) is 2. The van der Waals surface area contributed by atoms with Crippen molar-refractivity contribution in [3.8, 4) is 0 Å². The van der Waals surface area contributed by atoms with Gasteiger partial charge in [-0.15, -0.1) is 0 Å². The summed E-state index contributed by atoms with van der Waals surface area (Å²) in [4.78, 5) is 14.3. The molecule has 2 aliphatic rings. The third kappa shape index (κ3) is 3.31. The van der Waals surface area contributed by atoms with Crippen LogP contribution in [0.15, 0.2) is 56.7 Å². The molecule has 0 aliphatic carbocycles. The van der Waals surface area contributed by atoms with Gasteiger partial charge in [0, 0.05) is 19.5 Å². The highest BCUT2D eigenvalue weighted by Crippen LogP contribution is 2.39. The van der Waals surface area contributed by atoms with Crippen molar-refractivity contribution in [2.45, 2.75) is 37.2 Å². The van der Waals surface area contributed by atoms with Crippen LogP contribution in [-0.2, 0) is 40.7 Å². The Hall–Kier alpha value is -2.42. The van der Waals surface area contributed by atoms with Crippen molar-refractivity contribution in [2.75, 3.05) is 11.4 Å². The van der Waals surface area contributed by atoms with Gasteiger partial charge in [-0.3, -0.25) is 4.79 Å². The van der Waals surface area contributed by atoms with E-state index in [1.54, 1.807) is 46.8 Å². The molecule has 0 spiro atoms. The smallest absolute Gasteiger partial charge is 0.243 e. The van der Waals surface area contributed by atoms with Crippen molar-refractivity contribution < 1.29 is 17.6 Å². The van der Waals surface area contributed by atoms with Crippen LogP contribution in [0.4, 0.5) is 5.69 Å². The summed E-state index contributed by atoms with van der Waals surface area (Å²) in [6, 6.07) is 8.98. The van der Waals surface area contributed by atoms with Gasteiger partial charge in [-0.2, -0.15) is 15.6 Å². The van der Waals surface area contributed by atoms with Gasteiger partial charge >= 0.3 is 0 Å². The second kappa shape index (κ2) is 7.12. The summed E-state index contributed by atoms with van der Waals surface area (Å²) in [5.74, 6) is 0.729. The van der Waals surface area contributed by atoms with Crippen LogP contribution in [0.5, 0.6) is 0 Å². The molecule has 5 rings (SSSR count). The summed E-state index contributed by atoms with van der Waals surface area (Å²) in [6.45, 7) is 1.08. The van der Waals surface area contributed by atoms with Crippen molar-refractivity contribution in [1.29, 1.82) is 0 Å². The zero-order valence-corrected chi connectivity index (χ0v) is 17.3. The van der Waals surface area contributed by atoms with Crippen LogP contribution in [0.2, 0.25) is 0 Å². The number of hydrogen-bond acceptors (Lipinski definition) is 5. The topological polar surface area (TPSA) is 70.8 Å². The van der Waals surface area contributed by atoms with Gasteiger partial charge in [0.1, 0.15) is 5.76 Å². The van der Waals surface area contributed by atoms with Gasteiger partial charge in [-0.05, 0) is 70.6 Å². The van der Waals surface area contributed by atoms with Crippen LogP contribution in [0.3, 0.4) is 0 Å². The van der Waals surface area contributed by atoms with Crippen molar-refractivity contribution in [1.82, 2.24) is 4.31 Å². The number of amides is 1. The quantitative estimate of drug-likeness (QED) is 0.602. The Bertz CT molecular complexity index is 1120. The molecule has 150 valence electrons. The molecule has 1 aromatic carbocycles. The number of carbonyl (C=O) groups excluding carboxylic acids is 1. The zero-order valence-electron chi connectivity index (χ0n) is 15.7. The summed E-state index contributed by atoms with van der Waals surface area (Å²) >= 11 is 1.54. The van der Waals surface area contributed by atoms with E-state index < -0.39 is 10.0 Å². The second-order valence-electron chi connectivity index (χ2n) is 7.37. The van der Waals surface area contributed by atoms with E-state index in [0.717, 1.165) is 22.4 Å². The van der Waals surface area contributed by atoms with Crippen molar-refractivity contribution in [3.63, 3.8) is 0 Å². The number of aryl methyl sites for hydroxylation is 1. The maximum absolute atomic E-state index is 13.6. The lowest BCUT2D eigenvalue weighted by atomic mass is 10.00. The summed E-state index contributed by atoms with van der Waals surface area (Å²) in [5, 5.41) is 3.90. The van der Waals surface area contributed by atoms with Crippen molar-refractivity contribution >= 4 is 33.0 Å². The van der Waals surface area contributed by atoms with Gasteiger partial charge in [0.25, 0.3) is 0 Å². The van der Waals surface area contributed by atoms with Crippen molar-refractivity contribution in [3.05, 3.63) is 69.8 Å². The molecule has 0 fully saturated rings. The molecule has 4 heterocycles. The number of thiophene rings is 1. The van der Waals surface area contributed by atoms with Gasteiger partial charge in [0.15, 0.2) is 0 Å². The van der Waals surface area contributed by atoms with E-state index in [1.165, 1.54) is 4.31 Å². The Labute approximate surface area is 173 Å². The fraction of sp³-hybridized carbons (Fsp3) is 0.286. The molecule has 0 saturated carbocycles. The van der Waals surface area contributed by atoms with Gasteiger partial charge in [0.05, 0.1) is 23.4 Å². The van der Waals surface area contributed by atoms with Gasteiger partial charge < -0.3 is 9.32 Å². The monoisotopic (exact) mass is 428 g/mol. The molecule has 0 atom stereocenters. The second-order valence-corrected chi connectivity index (χ2v) is 10.1. The largest absolute Gasteiger partial charge is 0.468 e. The minimum Gasteiger partial charge on any atom is -0.468 e. The first-order valence-electron chi connectivity index (χ1n) is 9.52. The predicted octanol–water partition coefficient (Wildman–Crippen LogP) is 3.57. The molecule has 8 heteroatoms. The minimum atomic E-state index is -3.74. The van der Waals surface area contributed by atoms with Crippen molar-refractivity contribution in [2.24, 2.45) is 0 Å². The molecular weight excluding hydrogens is 408 g/mol. The first-order valence-corrected chi connectivity index (χ1v) is 11.9. The van der Waals surface area contributed by atoms with Gasteiger partial charge in [0.2, 0.25) is 15.9 Å². The molecule has 2 aromatic heterocycles. The SMILES string of the molecule is O=C1CCc2cc(S(=O)(=O)N(Cc3ccsc3)Cc3ccco3)cc3c2N1CC3. The highest BCUT2D eigenvalue weighted by molar-refractivity contribution is 7.89. The Balaban J connectivity index is 1.55. The molecule has 0 radical (unpaired) electrons. The van der Waals surface area contributed by atoms with Crippen LogP contribution in [0, 0.1) is 0 Å². The Morgan fingerprint density at radius 1 is 1.10 bits per heavy atom. The molecule has 3 aromatic rings. The van der Waals surface area contributed by atoms with Crippen LogP contribution in [0.1, 0.15) is 28.9 Å². The van der Waals surface area contributed by atoms with E-state index in [2.05, 4.69) is 0 Å². The third-order valence-corrected chi connectivity index (χ3v) is 8.02. The van der Waals surface area contributed by atoms with Gasteiger partial charge in [-0.1, -0.05) is 0 Å². The van der Waals surface area contributed by atoms with Crippen LogP contribution in [-0.4, -0.2) is 25.2 Å². The standard InChI is InChI=1S/C21H20N2O4S2/c24-20-4-3-16-10-19(11-17-5-7-23(20)21(16)17)29(25,26)22(12-15-6-9-28-14-15)13-18-2-1-8-27-18/h1-2,6,8-11,14H,3-5,7,12-13H2. The van der Waals surface area contributed by atoms with Crippen LogP contribution < -0.4 is 4.90 Å². The fourth-order valence-corrected chi connectivity index (χ4v) is 6.27. The summed E-state index contributed by atoms with van der Waals surface area (Å²) < 4.78 is 34.1. The van der Waals surface area contributed by atoms with E-state index in [-0.39, 0.29) is 19.0 Å².